The number of likely N-dealkylation sites (tertiary alicyclic amines) is 1. The maximum Gasteiger partial charge on any atom is 0.240 e. The quantitative estimate of drug-likeness (QED) is 0.789. The Labute approximate surface area is 97.0 Å². The van der Waals surface area contributed by atoms with E-state index < -0.39 is 0 Å². The van der Waals surface area contributed by atoms with Crippen molar-refractivity contribution >= 4 is 0 Å². The minimum atomic E-state index is 0.346. The first kappa shape index (κ1) is 11.6. The molecule has 1 aromatic rings. The molecule has 0 aromatic carbocycles. The first-order valence-electron chi connectivity index (χ1n) is 6.20. The third-order valence-electron chi connectivity index (χ3n) is 3.24. The second-order valence-electron chi connectivity index (χ2n) is 5.16. The van der Waals surface area contributed by atoms with Crippen LogP contribution >= 0.6 is 0 Å². The minimum absolute atomic E-state index is 0.346. The number of hydrogen-bond acceptors (Lipinski definition) is 4. The monoisotopic (exact) mass is 223 g/mol. The van der Waals surface area contributed by atoms with Crippen molar-refractivity contribution in [3.05, 3.63) is 11.7 Å². The number of piperidine rings is 1. The molecule has 0 unspecified atom stereocenters. The topological polar surface area (TPSA) is 42.2 Å². The van der Waals surface area contributed by atoms with Gasteiger partial charge in [0.05, 0.1) is 6.54 Å². The summed E-state index contributed by atoms with van der Waals surface area (Å²) in [7, 11) is 0. The molecule has 90 valence electrons. The Hall–Kier alpha value is -0.900. The average molecular weight is 223 g/mol. The predicted octanol–water partition coefficient (Wildman–Crippen LogP) is 2.42. The molecule has 0 N–H and O–H groups in total. The molecule has 0 aliphatic carbocycles. The number of rotatable bonds is 3. The van der Waals surface area contributed by atoms with Crippen molar-refractivity contribution in [3.8, 4) is 0 Å². The molecule has 0 saturated carbocycles. The first-order chi connectivity index (χ1) is 7.65. The zero-order valence-electron chi connectivity index (χ0n) is 10.4. The lowest BCUT2D eigenvalue weighted by molar-refractivity contribution is 0.165. The van der Waals surface area contributed by atoms with Gasteiger partial charge < -0.3 is 4.52 Å². The molecule has 4 nitrogen and oxygen atoms in total. The van der Waals surface area contributed by atoms with E-state index >= 15 is 0 Å². The SMILES string of the molecule is CC1CCN(Cc2nc(C(C)C)no2)CC1. The molecule has 0 radical (unpaired) electrons. The van der Waals surface area contributed by atoms with Crippen molar-refractivity contribution in [2.24, 2.45) is 5.92 Å². The largest absolute Gasteiger partial charge is 0.338 e. The molecule has 0 amide bonds. The lowest BCUT2D eigenvalue weighted by Gasteiger charge is -2.28. The summed E-state index contributed by atoms with van der Waals surface area (Å²) in [4.78, 5) is 6.80. The smallest absolute Gasteiger partial charge is 0.240 e. The first-order valence-corrected chi connectivity index (χ1v) is 6.20. The molecule has 4 heteroatoms. The van der Waals surface area contributed by atoms with Crippen LogP contribution in [0.1, 0.15) is 51.2 Å². The van der Waals surface area contributed by atoms with E-state index in [-0.39, 0.29) is 0 Å². The minimum Gasteiger partial charge on any atom is -0.338 e. The van der Waals surface area contributed by atoms with Gasteiger partial charge in [-0.3, -0.25) is 4.90 Å². The lowest BCUT2D eigenvalue weighted by Crippen LogP contribution is -2.32. The third kappa shape index (κ3) is 2.82. The normalized spacial score (nSPS) is 19.5. The van der Waals surface area contributed by atoms with Gasteiger partial charge in [0.15, 0.2) is 5.82 Å². The van der Waals surface area contributed by atoms with Gasteiger partial charge in [-0.1, -0.05) is 25.9 Å². The maximum absolute atomic E-state index is 5.25. The Morgan fingerprint density at radius 3 is 2.62 bits per heavy atom. The molecule has 2 heterocycles. The van der Waals surface area contributed by atoms with Gasteiger partial charge in [0.1, 0.15) is 0 Å². The molecule has 1 aliphatic heterocycles. The fourth-order valence-corrected chi connectivity index (χ4v) is 1.98. The van der Waals surface area contributed by atoms with Crippen LogP contribution in [0.5, 0.6) is 0 Å². The van der Waals surface area contributed by atoms with E-state index in [0.717, 1.165) is 37.3 Å². The highest BCUT2D eigenvalue weighted by Gasteiger charge is 2.18. The number of aromatic nitrogens is 2. The van der Waals surface area contributed by atoms with Crippen molar-refractivity contribution < 1.29 is 4.52 Å². The van der Waals surface area contributed by atoms with Gasteiger partial charge in [0.2, 0.25) is 5.89 Å². The summed E-state index contributed by atoms with van der Waals surface area (Å²) in [6.45, 7) is 9.60. The van der Waals surface area contributed by atoms with E-state index in [9.17, 15) is 0 Å². The van der Waals surface area contributed by atoms with Crippen molar-refractivity contribution in [1.82, 2.24) is 15.0 Å². The zero-order chi connectivity index (χ0) is 11.5. The second-order valence-corrected chi connectivity index (χ2v) is 5.16. The van der Waals surface area contributed by atoms with Crippen LogP contribution in [0.15, 0.2) is 4.52 Å². The fraction of sp³-hybridized carbons (Fsp3) is 0.833. The van der Waals surface area contributed by atoms with Crippen LogP contribution in [-0.2, 0) is 6.54 Å². The Morgan fingerprint density at radius 1 is 1.38 bits per heavy atom. The second kappa shape index (κ2) is 4.95. The lowest BCUT2D eigenvalue weighted by atomic mass is 9.99. The molecule has 1 fully saturated rings. The van der Waals surface area contributed by atoms with Gasteiger partial charge in [-0.15, -0.1) is 0 Å². The van der Waals surface area contributed by atoms with Crippen LogP contribution in [0.3, 0.4) is 0 Å². The predicted molar refractivity (Wildman–Crippen MR) is 62.1 cm³/mol. The molecular weight excluding hydrogens is 202 g/mol. The van der Waals surface area contributed by atoms with Crippen LogP contribution in [0.25, 0.3) is 0 Å². The Kier molecular flexibility index (Phi) is 3.59. The molecule has 0 bridgehead atoms. The Balaban J connectivity index is 1.88. The summed E-state index contributed by atoms with van der Waals surface area (Å²) < 4.78 is 5.25. The number of hydrogen-bond donors (Lipinski definition) is 0. The molecular formula is C12H21N3O. The van der Waals surface area contributed by atoms with Gasteiger partial charge in [0, 0.05) is 5.92 Å². The Morgan fingerprint density at radius 2 is 2.06 bits per heavy atom. The van der Waals surface area contributed by atoms with Crippen LogP contribution in [0, 0.1) is 5.92 Å². The summed E-state index contributed by atoms with van der Waals surface area (Å²) in [5, 5.41) is 3.98. The maximum atomic E-state index is 5.25. The van der Waals surface area contributed by atoms with E-state index in [4.69, 9.17) is 4.52 Å². The molecule has 1 aliphatic rings. The van der Waals surface area contributed by atoms with E-state index in [2.05, 4.69) is 35.8 Å². The third-order valence-corrected chi connectivity index (χ3v) is 3.24. The van der Waals surface area contributed by atoms with E-state index in [1.807, 2.05) is 0 Å². The molecule has 2 rings (SSSR count). The van der Waals surface area contributed by atoms with Crippen molar-refractivity contribution in [2.45, 2.75) is 46.1 Å². The van der Waals surface area contributed by atoms with Gasteiger partial charge in [0.25, 0.3) is 0 Å². The summed E-state index contributed by atoms with van der Waals surface area (Å²) >= 11 is 0. The molecule has 16 heavy (non-hydrogen) atoms. The molecule has 1 saturated heterocycles. The van der Waals surface area contributed by atoms with Gasteiger partial charge in [-0.05, 0) is 31.8 Å². The fourth-order valence-electron chi connectivity index (χ4n) is 1.98. The van der Waals surface area contributed by atoms with Crippen LogP contribution in [-0.4, -0.2) is 28.1 Å². The highest BCUT2D eigenvalue weighted by Crippen LogP contribution is 2.18. The van der Waals surface area contributed by atoms with Gasteiger partial charge in [-0.2, -0.15) is 4.98 Å². The van der Waals surface area contributed by atoms with Crippen LogP contribution in [0.2, 0.25) is 0 Å². The van der Waals surface area contributed by atoms with E-state index in [0.29, 0.717) is 5.92 Å². The van der Waals surface area contributed by atoms with Crippen molar-refractivity contribution in [2.75, 3.05) is 13.1 Å². The van der Waals surface area contributed by atoms with Gasteiger partial charge in [-0.25, -0.2) is 0 Å². The van der Waals surface area contributed by atoms with Crippen LogP contribution < -0.4 is 0 Å². The van der Waals surface area contributed by atoms with Gasteiger partial charge >= 0.3 is 0 Å². The van der Waals surface area contributed by atoms with Crippen molar-refractivity contribution in [1.29, 1.82) is 0 Å². The summed E-state index contributed by atoms with van der Waals surface area (Å²) in [6, 6.07) is 0. The highest BCUT2D eigenvalue weighted by atomic mass is 16.5. The van der Waals surface area contributed by atoms with E-state index in [1.165, 1.54) is 12.8 Å². The summed E-state index contributed by atoms with van der Waals surface area (Å²) in [5.41, 5.74) is 0. The Bertz CT molecular complexity index is 327. The standard InChI is InChI=1S/C12H21N3O/c1-9(2)12-13-11(16-14-12)8-15-6-4-10(3)5-7-15/h9-10H,4-8H2,1-3H3. The van der Waals surface area contributed by atoms with Crippen molar-refractivity contribution in [3.63, 3.8) is 0 Å². The summed E-state index contributed by atoms with van der Waals surface area (Å²) in [5.74, 6) is 2.79. The molecule has 1 aromatic heterocycles. The highest BCUT2D eigenvalue weighted by molar-refractivity contribution is 4.91. The average Bonchev–Trinajstić information content (AvgIpc) is 2.70. The van der Waals surface area contributed by atoms with Crippen LogP contribution in [0.4, 0.5) is 0 Å². The summed E-state index contributed by atoms with van der Waals surface area (Å²) in [6.07, 6.45) is 2.57. The zero-order valence-corrected chi connectivity index (χ0v) is 10.4. The molecule has 0 atom stereocenters. The van der Waals surface area contributed by atoms with E-state index in [1.54, 1.807) is 0 Å². The number of nitrogens with zero attached hydrogens (tertiary/aromatic N) is 3. The molecule has 0 spiro atoms.